The molecule has 5 rings (SSSR count). The fourth-order valence-electron chi connectivity index (χ4n) is 4.14. The monoisotopic (exact) mass is 675 g/mol. The van der Waals surface area contributed by atoms with Crippen LogP contribution in [0.4, 0.5) is 0 Å². The van der Waals surface area contributed by atoms with Crippen LogP contribution < -0.4 is 0 Å². The van der Waals surface area contributed by atoms with Crippen LogP contribution in [0.3, 0.4) is 0 Å². The summed E-state index contributed by atoms with van der Waals surface area (Å²) in [5, 5.41) is 0. The molecule has 38 heavy (non-hydrogen) atoms. The van der Waals surface area contributed by atoms with Crippen molar-refractivity contribution >= 4 is 0 Å². The molecule has 0 aliphatic heterocycles. The van der Waals surface area contributed by atoms with Gasteiger partial charge < -0.3 is 9.97 Å². The minimum atomic E-state index is 0. The van der Waals surface area contributed by atoms with E-state index in [0.717, 1.165) is 35.4 Å². The molecule has 0 saturated carbocycles. The van der Waals surface area contributed by atoms with E-state index in [9.17, 15) is 0 Å². The molecular formula is C35H34IrN2-2. The first kappa shape index (κ1) is 29.2. The molecule has 0 saturated heterocycles. The van der Waals surface area contributed by atoms with E-state index in [-0.39, 0.29) is 20.1 Å². The predicted molar refractivity (Wildman–Crippen MR) is 154 cm³/mol. The normalized spacial score (nSPS) is 10.6. The Morgan fingerprint density at radius 2 is 1.29 bits per heavy atom. The van der Waals surface area contributed by atoms with E-state index < -0.39 is 0 Å². The van der Waals surface area contributed by atoms with Gasteiger partial charge in [0.15, 0.2) is 0 Å². The molecule has 5 aromatic rings. The van der Waals surface area contributed by atoms with Gasteiger partial charge in [0, 0.05) is 32.5 Å². The van der Waals surface area contributed by atoms with Crippen molar-refractivity contribution in [2.75, 3.05) is 0 Å². The van der Waals surface area contributed by atoms with Crippen molar-refractivity contribution in [2.24, 2.45) is 5.41 Å². The summed E-state index contributed by atoms with van der Waals surface area (Å²) in [5.41, 5.74) is 9.63. The minimum absolute atomic E-state index is 0. The van der Waals surface area contributed by atoms with Gasteiger partial charge in [-0.25, -0.2) is 0 Å². The Hall–Kier alpha value is -3.39. The van der Waals surface area contributed by atoms with Gasteiger partial charge in [0.05, 0.1) is 0 Å². The van der Waals surface area contributed by atoms with Gasteiger partial charge in [-0.15, -0.1) is 71.8 Å². The molecule has 0 aliphatic carbocycles. The Morgan fingerprint density at radius 3 is 1.87 bits per heavy atom. The molecule has 195 valence electrons. The van der Waals surface area contributed by atoms with Crippen LogP contribution in [0, 0.1) is 24.5 Å². The molecule has 0 bridgehead atoms. The van der Waals surface area contributed by atoms with Crippen LogP contribution in [0.25, 0.3) is 22.5 Å². The van der Waals surface area contributed by atoms with E-state index in [0.29, 0.717) is 5.41 Å². The van der Waals surface area contributed by atoms with E-state index in [1.54, 1.807) is 0 Å². The van der Waals surface area contributed by atoms with E-state index in [2.05, 4.69) is 98.3 Å². The van der Waals surface area contributed by atoms with Crippen molar-refractivity contribution in [3.63, 3.8) is 0 Å². The van der Waals surface area contributed by atoms with Gasteiger partial charge >= 0.3 is 0 Å². The third-order valence-electron chi connectivity index (χ3n) is 5.98. The van der Waals surface area contributed by atoms with Crippen LogP contribution in [0.5, 0.6) is 0 Å². The summed E-state index contributed by atoms with van der Waals surface area (Å²) in [5.74, 6) is 0. The third-order valence-corrected chi connectivity index (χ3v) is 5.98. The third kappa shape index (κ3) is 8.87. The van der Waals surface area contributed by atoms with E-state index in [1.807, 2.05) is 60.9 Å². The van der Waals surface area contributed by atoms with Gasteiger partial charge in [-0.2, -0.15) is 0 Å². The molecule has 0 unspecified atom stereocenters. The van der Waals surface area contributed by atoms with Gasteiger partial charge in [0.25, 0.3) is 0 Å². The Balaban J connectivity index is 0.000000206. The standard InChI is InChI=1S/C18H14N.C17H20N.Ir/c1-3-7-15(8-4-1)13-16-11-12-19-18(14-16)17-9-5-2-6-10-17;1-13-12-18-16(14-8-6-5-7-9-14)10-15(13)11-17(2,3)4;/h1-9,11-12,14H,13H2;5-8,10,12H,11H2,1-4H3;/q2*-1;. The molecule has 0 atom stereocenters. The van der Waals surface area contributed by atoms with Crippen LogP contribution >= 0.6 is 0 Å². The number of rotatable bonds is 5. The van der Waals surface area contributed by atoms with Crippen molar-refractivity contribution in [3.05, 3.63) is 144 Å². The maximum atomic E-state index is 4.51. The Morgan fingerprint density at radius 1 is 0.684 bits per heavy atom. The molecule has 0 spiro atoms. The largest absolute Gasteiger partial charge is 0.305 e. The molecule has 2 heterocycles. The zero-order chi connectivity index (χ0) is 26.1. The van der Waals surface area contributed by atoms with Crippen LogP contribution in [0.2, 0.25) is 0 Å². The van der Waals surface area contributed by atoms with Crippen molar-refractivity contribution in [3.8, 4) is 22.5 Å². The smallest absolute Gasteiger partial charge is 0.0192 e. The van der Waals surface area contributed by atoms with Crippen molar-refractivity contribution in [1.82, 2.24) is 9.97 Å². The summed E-state index contributed by atoms with van der Waals surface area (Å²) in [6, 6.07) is 39.3. The minimum Gasteiger partial charge on any atom is -0.305 e. The second kappa shape index (κ2) is 14.0. The summed E-state index contributed by atoms with van der Waals surface area (Å²) in [4.78, 5) is 8.93. The Bertz CT molecular complexity index is 1390. The maximum absolute atomic E-state index is 4.51. The summed E-state index contributed by atoms with van der Waals surface area (Å²) in [6.07, 6.45) is 5.84. The number of pyridine rings is 2. The quantitative estimate of drug-likeness (QED) is 0.175. The molecule has 0 fully saturated rings. The zero-order valence-electron chi connectivity index (χ0n) is 22.5. The van der Waals surface area contributed by atoms with Crippen LogP contribution in [-0.2, 0) is 32.9 Å². The van der Waals surface area contributed by atoms with Gasteiger partial charge in [0.1, 0.15) is 0 Å². The number of aryl methyl sites for hydroxylation is 1. The molecule has 0 amide bonds. The van der Waals surface area contributed by atoms with E-state index in [4.69, 9.17) is 0 Å². The molecule has 2 nitrogen and oxygen atoms in total. The molecular weight excluding hydrogens is 641 g/mol. The molecule has 0 aliphatic rings. The van der Waals surface area contributed by atoms with Crippen LogP contribution in [0.1, 0.15) is 43.0 Å². The van der Waals surface area contributed by atoms with Crippen LogP contribution in [-0.4, -0.2) is 9.97 Å². The Kier molecular flexibility index (Phi) is 10.7. The summed E-state index contributed by atoms with van der Waals surface area (Å²) in [7, 11) is 0. The van der Waals surface area contributed by atoms with Crippen LogP contribution in [0.15, 0.2) is 109 Å². The van der Waals surface area contributed by atoms with Gasteiger partial charge in [-0.1, -0.05) is 68.8 Å². The maximum Gasteiger partial charge on any atom is 0.0192 e. The first-order chi connectivity index (χ1) is 17.9. The summed E-state index contributed by atoms with van der Waals surface area (Å²) >= 11 is 0. The SMILES string of the molecule is Cc1cnc(-c2[c-]cccc2)cc1CC(C)(C)C.[Ir].[c-]1ccccc1-c1cc(Cc2ccccc2)ccn1. The summed E-state index contributed by atoms with van der Waals surface area (Å²) in [6.45, 7) is 8.93. The fourth-order valence-corrected chi connectivity index (χ4v) is 4.14. The first-order valence-corrected chi connectivity index (χ1v) is 12.8. The van der Waals surface area contributed by atoms with Crippen molar-refractivity contribution < 1.29 is 20.1 Å². The second-order valence-electron chi connectivity index (χ2n) is 10.5. The summed E-state index contributed by atoms with van der Waals surface area (Å²) < 4.78 is 0. The number of benzene rings is 3. The number of nitrogens with zero attached hydrogens (tertiary/aromatic N) is 2. The molecule has 1 radical (unpaired) electrons. The average Bonchev–Trinajstić information content (AvgIpc) is 2.91. The van der Waals surface area contributed by atoms with Crippen molar-refractivity contribution in [1.29, 1.82) is 0 Å². The second-order valence-corrected chi connectivity index (χ2v) is 10.5. The number of hydrogen-bond donors (Lipinski definition) is 0. The molecule has 0 N–H and O–H groups in total. The Labute approximate surface area is 241 Å². The van der Waals surface area contributed by atoms with Gasteiger partial charge in [-0.3, -0.25) is 0 Å². The predicted octanol–water partition coefficient (Wildman–Crippen LogP) is 8.58. The topological polar surface area (TPSA) is 25.8 Å². The van der Waals surface area contributed by atoms with Crippen molar-refractivity contribution in [2.45, 2.75) is 40.5 Å². The fraction of sp³-hybridized carbons (Fsp3) is 0.200. The molecule has 3 heteroatoms. The van der Waals surface area contributed by atoms with Gasteiger partial charge in [0.2, 0.25) is 0 Å². The molecule has 3 aromatic carbocycles. The zero-order valence-corrected chi connectivity index (χ0v) is 24.9. The number of aromatic nitrogens is 2. The van der Waals surface area contributed by atoms with E-state index >= 15 is 0 Å². The van der Waals surface area contributed by atoms with Gasteiger partial charge in [-0.05, 0) is 59.3 Å². The number of hydrogen-bond acceptors (Lipinski definition) is 2. The average molecular weight is 675 g/mol. The first-order valence-electron chi connectivity index (χ1n) is 12.8. The van der Waals surface area contributed by atoms with E-state index in [1.165, 1.54) is 22.3 Å². The molecule has 2 aromatic heterocycles.